The molecule has 3 nitrogen and oxygen atoms in total. The Morgan fingerprint density at radius 2 is 2.21 bits per heavy atom. The molecule has 1 aromatic rings. The van der Waals surface area contributed by atoms with Crippen LogP contribution in [0.5, 0.6) is 5.19 Å². The third-order valence-electron chi connectivity index (χ3n) is 1.71. The summed E-state index contributed by atoms with van der Waals surface area (Å²) < 4.78 is 5.43. The van der Waals surface area contributed by atoms with E-state index in [9.17, 15) is 0 Å². The van der Waals surface area contributed by atoms with Gasteiger partial charge in [0.2, 0.25) is 0 Å². The molecule has 1 heterocycles. The van der Waals surface area contributed by atoms with E-state index in [1.54, 1.807) is 0 Å². The maximum Gasteiger partial charge on any atom is 0.294 e. The van der Waals surface area contributed by atoms with Gasteiger partial charge >= 0.3 is 0 Å². The van der Waals surface area contributed by atoms with Gasteiger partial charge in [-0.15, -0.1) is 21.8 Å². The van der Waals surface area contributed by atoms with Gasteiger partial charge in [-0.2, -0.15) is 0 Å². The zero-order valence-corrected chi connectivity index (χ0v) is 10.1. The molecule has 0 aromatic carbocycles. The molecule has 1 aromatic heterocycles. The van der Waals surface area contributed by atoms with Crippen molar-refractivity contribution >= 4 is 22.9 Å². The molecule has 5 heteroatoms. The summed E-state index contributed by atoms with van der Waals surface area (Å²) in [5.74, 6) is 1.14. The molecule has 0 saturated carbocycles. The van der Waals surface area contributed by atoms with Gasteiger partial charge in [0.25, 0.3) is 5.19 Å². The molecule has 0 atom stereocenters. The van der Waals surface area contributed by atoms with E-state index in [0.717, 1.165) is 24.0 Å². The average Bonchev–Trinajstić information content (AvgIpc) is 2.60. The second-order valence-corrected chi connectivity index (χ2v) is 4.77. The van der Waals surface area contributed by atoms with Crippen LogP contribution < -0.4 is 4.74 Å². The Bertz CT molecular complexity index is 265. The third kappa shape index (κ3) is 4.24. The first kappa shape index (κ1) is 11.7. The second-order valence-electron chi connectivity index (χ2n) is 3.48. The van der Waals surface area contributed by atoms with Crippen molar-refractivity contribution in [2.75, 3.05) is 6.61 Å². The normalized spacial score (nSPS) is 10.9. The fourth-order valence-corrected chi connectivity index (χ4v) is 1.78. The van der Waals surface area contributed by atoms with Gasteiger partial charge in [0.05, 0.1) is 12.5 Å². The predicted molar refractivity (Wildman–Crippen MR) is 59.0 cm³/mol. The number of aromatic nitrogens is 2. The van der Waals surface area contributed by atoms with Crippen LogP contribution in [0.4, 0.5) is 0 Å². The van der Waals surface area contributed by atoms with E-state index in [-0.39, 0.29) is 0 Å². The number of halogens is 1. The van der Waals surface area contributed by atoms with Crippen molar-refractivity contribution in [1.82, 2.24) is 10.2 Å². The third-order valence-corrected chi connectivity index (χ3v) is 2.96. The summed E-state index contributed by atoms with van der Waals surface area (Å²) in [5, 5.41) is 9.17. The van der Waals surface area contributed by atoms with Crippen molar-refractivity contribution < 1.29 is 4.74 Å². The van der Waals surface area contributed by atoms with Crippen molar-refractivity contribution in [2.45, 2.75) is 32.6 Å². The molecule has 0 aliphatic heterocycles. The van der Waals surface area contributed by atoms with Crippen molar-refractivity contribution in [3.63, 3.8) is 0 Å². The number of ether oxygens (including phenoxy) is 1. The van der Waals surface area contributed by atoms with Crippen molar-refractivity contribution in [3.05, 3.63) is 5.01 Å². The molecule has 0 bridgehead atoms. The van der Waals surface area contributed by atoms with Crippen LogP contribution in [0.25, 0.3) is 0 Å². The Morgan fingerprint density at radius 3 is 2.79 bits per heavy atom. The molecular weight excluding hydrogens is 220 g/mol. The summed E-state index contributed by atoms with van der Waals surface area (Å²) in [6, 6.07) is 0. The summed E-state index contributed by atoms with van der Waals surface area (Å²) in [4.78, 5) is 0. The van der Waals surface area contributed by atoms with Gasteiger partial charge < -0.3 is 4.74 Å². The lowest BCUT2D eigenvalue weighted by molar-refractivity contribution is 0.294. The van der Waals surface area contributed by atoms with E-state index in [4.69, 9.17) is 16.3 Å². The highest BCUT2D eigenvalue weighted by Crippen LogP contribution is 2.19. The first-order valence-corrected chi connectivity index (χ1v) is 6.08. The number of rotatable bonds is 6. The van der Waals surface area contributed by atoms with Gasteiger partial charge in [0, 0.05) is 0 Å². The van der Waals surface area contributed by atoms with Gasteiger partial charge in [-0.3, -0.25) is 0 Å². The monoisotopic (exact) mass is 234 g/mol. The highest BCUT2D eigenvalue weighted by molar-refractivity contribution is 7.13. The van der Waals surface area contributed by atoms with Crippen LogP contribution in [-0.4, -0.2) is 16.8 Å². The first-order chi connectivity index (χ1) is 6.72. The Hall–Kier alpha value is -0.350. The van der Waals surface area contributed by atoms with Crippen LogP contribution in [0.2, 0.25) is 0 Å². The number of hydrogen-bond donors (Lipinski definition) is 0. The van der Waals surface area contributed by atoms with E-state index >= 15 is 0 Å². The molecule has 80 valence electrons. The van der Waals surface area contributed by atoms with E-state index in [1.165, 1.54) is 17.8 Å². The van der Waals surface area contributed by atoms with Crippen LogP contribution in [0, 0.1) is 5.92 Å². The molecule has 0 unspecified atom stereocenters. The van der Waals surface area contributed by atoms with Gasteiger partial charge in [-0.05, 0) is 18.8 Å². The van der Waals surface area contributed by atoms with Gasteiger partial charge in [-0.25, -0.2) is 0 Å². The van der Waals surface area contributed by atoms with Crippen molar-refractivity contribution in [3.8, 4) is 5.19 Å². The van der Waals surface area contributed by atoms with E-state index in [2.05, 4.69) is 24.0 Å². The fraction of sp³-hybridized carbons (Fsp3) is 0.778. The predicted octanol–water partition coefficient (Wildman–Crippen LogP) is 3.09. The van der Waals surface area contributed by atoms with Gasteiger partial charge in [-0.1, -0.05) is 25.2 Å². The fourth-order valence-electron chi connectivity index (χ4n) is 1.00. The van der Waals surface area contributed by atoms with Crippen LogP contribution in [-0.2, 0) is 5.88 Å². The molecule has 0 radical (unpaired) electrons. The number of nitrogens with zero attached hydrogens (tertiary/aromatic N) is 2. The van der Waals surface area contributed by atoms with Crippen LogP contribution in [0.1, 0.15) is 31.7 Å². The molecule has 0 fully saturated rings. The molecule has 0 amide bonds. The molecular formula is C9H15ClN2OS. The lowest BCUT2D eigenvalue weighted by atomic mass is 10.1. The Kier molecular flexibility index (Phi) is 5.19. The van der Waals surface area contributed by atoms with E-state index < -0.39 is 0 Å². The average molecular weight is 235 g/mol. The van der Waals surface area contributed by atoms with E-state index in [0.29, 0.717) is 11.1 Å². The Morgan fingerprint density at radius 1 is 1.43 bits per heavy atom. The van der Waals surface area contributed by atoms with Crippen LogP contribution >= 0.6 is 22.9 Å². The van der Waals surface area contributed by atoms with Crippen molar-refractivity contribution in [2.24, 2.45) is 5.92 Å². The molecule has 0 aliphatic rings. The molecule has 0 N–H and O–H groups in total. The van der Waals surface area contributed by atoms with Crippen molar-refractivity contribution in [1.29, 1.82) is 0 Å². The topological polar surface area (TPSA) is 35.0 Å². The zero-order valence-electron chi connectivity index (χ0n) is 8.49. The quantitative estimate of drug-likeness (QED) is 0.561. The standard InChI is InChI=1S/C9H15ClN2OS/c1-7(2)4-3-5-13-9-12-11-8(6-10)14-9/h7H,3-6H2,1-2H3. The maximum atomic E-state index is 5.60. The zero-order chi connectivity index (χ0) is 10.4. The number of hydrogen-bond acceptors (Lipinski definition) is 4. The van der Waals surface area contributed by atoms with Crippen LogP contribution in [0.15, 0.2) is 0 Å². The van der Waals surface area contributed by atoms with Gasteiger partial charge in [0.15, 0.2) is 0 Å². The lowest BCUT2D eigenvalue weighted by Gasteiger charge is -2.03. The Balaban J connectivity index is 2.18. The van der Waals surface area contributed by atoms with Gasteiger partial charge in [0.1, 0.15) is 5.01 Å². The summed E-state index contributed by atoms with van der Waals surface area (Å²) in [7, 11) is 0. The maximum absolute atomic E-state index is 5.60. The van der Waals surface area contributed by atoms with Crippen LogP contribution in [0.3, 0.4) is 0 Å². The molecule has 0 spiro atoms. The largest absolute Gasteiger partial charge is 0.469 e. The highest BCUT2D eigenvalue weighted by Gasteiger charge is 2.03. The summed E-state index contributed by atoms with van der Waals surface area (Å²) >= 11 is 7.01. The second kappa shape index (κ2) is 6.19. The summed E-state index contributed by atoms with van der Waals surface area (Å²) in [6.07, 6.45) is 2.24. The number of alkyl halides is 1. The minimum atomic E-state index is 0.410. The molecule has 1 rings (SSSR count). The minimum absolute atomic E-state index is 0.410. The lowest BCUT2D eigenvalue weighted by Crippen LogP contribution is -1.99. The first-order valence-electron chi connectivity index (χ1n) is 4.73. The smallest absolute Gasteiger partial charge is 0.294 e. The molecule has 0 aliphatic carbocycles. The SMILES string of the molecule is CC(C)CCCOc1nnc(CCl)s1. The Labute approximate surface area is 93.5 Å². The molecule has 14 heavy (non-hydrogen) atoms. The van der Waals surface area contributed by atoms with E-state index in [1.807, 2.05) is 0 Å². The minimum Gasteiger partial charge on any atom is -0.469 e. The highest BCUT2D eigenvalue weighted by atomic mass is 35.5. The summed E-state index contributed by atoms with van der Waals surface area (Å²) in [5.41, 5.74) is 0. The molecule has 0 saturated heterocycles. The summed E-state index contributed by atoms with van der Waals surface area (Å²) in [6.45, 7) is 5.13.